The second kappa shape index (κ2) is 9.32. The van der Waals surface area contributed by atoms with Crippen molar-refractivity contribution < 1.29 is 13.9 Å². The van der Waals surface area contributed by atoms with E-state index in [1.165, 1.54) is 18.2 Å². The number of pyridine rings is 1. The van der Waals surface area contributed by atoms with Gasteiger partial charge in [0.1, 0.15) is 10.8 Å². The van der Waals surface area contributed by atoms with Crippen LogP contribution in [0.25, 0.3) is 11.3 Å². The highest BCUT2D eigenvalue weighted by atomic mass is 32.1. The van der Waals surface area contributed by atoms with Crippen LogP contribution in [0.5, 0.6) is 0 Å². The zero-order chi connectivity index (χ0) is 23.5. The summed E-state index contributed by atoms with van der Waals surface area (Å²) in [6, 6.07) is 15.3. The third-order valence-corrected chi connectivity index (χ3v) is 7.23. The number of hydrogen-bond acceptors (Lipinski definition) is 6. The standard InChI is InChI=1S/C26H23FN4O2S/c27-20-7-8-21(28)22(14-20)30-24(32)17-3-5-19(6-4-17)26(9-12-33-13-10-26)25-31-23(16-34-25)18-2-1-11-29-15-18/h1-8,11,14-16H,9-10,12-13,28H2,(H,30,32). The molecular weight excluding hydrogens is 451 g/mol. The topological polar surface area (TPSA) is 90.1 Å². The van der Waals surface area contributed by atoms with E-state index in [1.807, 2.05) is 30.5 Å². The summed E-state index contributed by atoms with van der Waals surface area (Å²) in [6.07, 6.45) is 5.17. The lowest BCUT2D eigenvalue weighted by atomic mass is 9.74. The molecule has 5 rings (SSSR count). The van der Waals surface area contributed by atoms with Gasteiger partial charge in [0, 0.05) is 42.1 Å². The van der Waals surface area contributed by atoms with Gasteiger partial charge in [-0.2, -0.15) is 0 Å². The number of nitrogens with zero attached hydrogens (tertiary/aromatic N) is 2. The van der Waals surface area contributed by atoms with Crippen LogP contribution >= 0.6 is 11.3 Å². The summed E-state index contributed by atoms with van der Waals surface area (Å²) in [4.78, 5) is 21.9. The summed E-state index contributed by atoms with van der Waals surface area (Å²) < 4.78 is 19.2. The van der Waals surface area contributed by atoms with E-state index in [-0.39, 0.29) is 17.0 Å². The number of benzene rings is 2. The van der Waals surface area contributed by atoms with Crippen molar-refractivity contribution in [3.8, 4) is 11.3 Å². The van der Waals surface area contributed by atoms with Crippen LogP contribution in [0.3, 0.4) is 0 Å². The van der Waals surface area contributed by atoms with Crippen LogP contribution in [-0.4, -0.2) is 29.1 Å². The summed E-state index contributed by atoms with van der Waals surface area (Å²) in [6.45, 7) is 1.28. The predicted octanol–water partition coefficient (Wildman–Crippen LogP) is 5.28. The quantitative estimate of drug-likeness (QED) is 0.384. The molecule has 4 aromatic rings. The lowest BCUT2D eigenvalue weighted by molar-refractivity contribution is 0.0630. The Morgan fingerprint density at radius 3 is 2.65 bits per heavy atom. The van der Waals surface area contributed by atoms with E-state index in [0.29, 0.717) is 24.5 Å². The summed E-state index contributed by atoms with van der Waals surface area (Å²) in [5.74, 6) is -0.812. The summed E-state index contributed by atoms with van der Waals surface area (Å²) in [5, 5.41) is 5.78. The van der Waals surface area contributed by atoms with Crippen molar-refractivity contribution in [3.63, 3.8) is 0 Å². The Labute approximate surface area is 200 Å². The van der Waals surface area contributed by atoms with E-state index in [9.17, 15) is 9.18 Å². The van der Waals surface area contributed by atoms with Crippen LogP contribution in [-0.2, 0) is 10.2 Å². The number of ether oxygens (including phenoxy) is 1. The predicted molar refractivity (Wildman–Crippen MR) is 131 cm³/mol. The number of aromatic nitrogens is 2. The van der Waals surface area contributed by atoms with Crippen LogP contribution in [0.4, 0.5) is 15.8 Å². The van der Waals surface area contributed by atoms with Gasteiger partial charge in [0.15, 0.2) is 0 Å². The Balaban J connectivity index is 1.43. The van der Waals surface area contributed by atoms with Crippen LogP contribution < -0.4 is 11.1 Å². The lowest BCUT2D eigenvalue weighted by Crippen LogP contribution is -2.35. The number of nitrogens with one attached hydrogen (secondary N) is 1. The number of hydrogen-bond donors (Lipinski definition) is 2. The third kappa shape index (κ3) is 4.30. The maximum Gasteiger partial charge on any atom is 0.255 e. The summed E-state index contributed by atoms with van der Waals surface area (Å²) >= 11 is 1.64. The van der Waals surface area contributed by atoms with Crippen molar-refractivity contribution >= 4 is 28.6 Å². The van der Waals surface area contributed by atoms with E-state index in [1.54, 1.807) is 29.7 Å². The maximum absolute atomic E-state index is 13.5. The molecule has 1 amide bonds. The van der Waals surface area contributed by atoms with Gasteiger partial charge in [-0.1, -0.05) is 12.1 Å². The van der Waals surface area contributed by atoms with Crippen molar-refractivity contribution in [2.24, 2.45) is 0 Å². The molecule has 0 saturated carbocycles. The Morgan fingerprint density at radius 2 is 1.91 bits per heavy atom. The first kappa shape index (κ1) is 22.2. The fourth-order valence-corrected chi connectivity index (χ4v) is 5.37. The maximum atomic E-state index is 13.5. The van der Waals surface area contributed by atoms with E-state index in [4.69, 9.17) is 15.5 Å². The molecule has 6 nitrogen and oxygen atoms in total. The molecule has 3 N–H and O–H groups in total. The molecule has 1 aliphatic rings. The third-order valence-electron chi connectivity index (χ3n) is 6.18. The van der Waals surface area contributed by atoms with Crippen LogP contribution in [0.15, 0.2) is 72.4 Å². The average molecular weight is 475 g/mol. The molecule has 1 saturated heterocycles. The zero-order valence-electron chi connectivity index (χ0n) is 18.3. The average Bonchev–Trinajstić information content (AvgIpc) is 3.38. The Hall–Kier alpha value is -3.62. The number of halogens is 1. The minimum absolute atomic E-state index is 0.251. The number of anilines is 2. The van der Waals surface area contributed by atoms with Gasteiger partial charge in [-0.15, -0.1) is 11.3 Å². The summed E-state index contributed by atoms with van der Waals surface area (Å²) in [5.41, 5.74) is 9.57. The van der Waals surface area contributed by atoms with Crippen LogP contribution in [0.2, 0.25) is 0 Å². The molecule has 3 heterocycles. The van der Waals surface area contributed by atoms with Gasteiger partial charge < -0.3 is 15.8 Å². The minimum atomic E-state index is -0.463. The number of carbonyl (C=O) groups is 1. The molecule has 0 spiro atoms. The number of amides is 1. The molecule has 0 unspecified atom stereocenters. The molecule has 1 fully saturated rings. The Morgan fingerprint density at radius 1 is 1.12 bits per heavy atom. The monoisotopic (exact) mass is 474 g/mol. The van der Waals surface area contributed by atoms with Gasteiger partial charge in [0.2, 0.25) is 0 Å². The molecule has 0 bridgehead atoms. The second-order valence-electron chi connectivity index (χ2n) is 8.24. The molecule has 172 valence electrons. The Bertz CT molecular complexity index is 1300. The highest BCUT2D eigenvalue weighted by molar-refractivity contribution is 7.10. The molecule has 1 aliphatic heterocycles. The van der Waals surface area contributed by atoms with Crippen molar-refractivity contribution in [2.75, 3.05) is 24.3 Å². The fraction of sp³-hybridized carbons (Fsp3) is 0.192. The largest absolute Gasteiger partial charge is 0.397 e. The minimum Gasteiger partial charge on any atom is -0.397 e. The van der Waals surface area contributed by atoms with E-state index in [2.05, 4.69) is 15.7 Å². The molecule has 2 aromatic carbocycles. The fourth-order valence-electron chi connectivity index (χ4n) is 4.26. The normalized spacial score (nSPS) is 15.1. The van der Waals surface area contributed by atoms with E-state index in [0.717, 1.165) is 34.7 Å². The lowest BCUT2D eigenvalue weighted by Gasteiger charge is -2.36. The first-order valence-electron chi connectivity index (χ1n) is 11.0. The number of rotatable bonds is 5. The SMILES string of the molecule is Nc1ccc(F)cc1NC(=O)c1ccc(C2(c3nc(-c4cccnc4)cs3)CCOCC2)cc1. The number of thiazole rings is 1. The second-order valence-corrected chi connectivity index (χ2v) is 9.10. The highest BCUT2D eigenvalue weighted by Gasteiger charge is 2.39. The zero-order valence-corrected chi connectivity index (χ0v) is 19.1. The molecule has 0 atom stereocenters. The molecular formula is C26H23FN4O2S. The number of nitrogen functional groups attached to an aromatic ring is 1. The van der Waals surface area contributed by atoms with Crippen LogP contribution in [0.1, 0.15) is 33.8 Å². The molecule has 8 heteroatoms. The smallest absolute Gasteiger partial charge is 0.255 e. The number of nitrogens with two attached hydrogens (primary N) is 1. The van der Waals surface area contributed by atoms with Gasteiger partial charge in [-0.3, -0.25) is 9.78 Å². The van der Waals surface area contributed by atoms with E-state index < -0.39 is 5.82 Å². The van der Waals surface area contributed by atoms with Crippen LogP contribution in [0, 0.1) is 5.82 Å². The van der Waals surface area contributed by atoms with Crippen molar-refractivity contribution in [3.05, 3.63) is 94.3 Å². The van der Waals surface area contributed by atoms with Gasteiger partial charge in [-0.25, -0.2) is 9.37 Å². The summed E-state index contributed by atoms with van der Waals surface area (Å²) in [7, 11) is 0. The molecule has 2 aromatic heterocycles. The van der Waals surface area contributed by atoms with Gasteiger partial charge in [0.05, 0.1) is 22.5 Å². The first-order chi connectivity index (χ1) is 16.5. The van der Waals surface area contributed by atoms with Gasteiger partial charge >= 0.3 is 0 Å². The molecule has 0 aliphatic carbocycles. The van der Waals surface area contributed by atoms with E-state index >= 15 is 0 Å². The molecule has 34 heavy (non-hydrogen) atoms. The number of carbonyl (C=O) groups excluding carboxylic acids is 1. The van der Waals surface area contributed by atoms with Crippen molar-refractivity contribution in [1.29, 1.82) is 0 Å². The first-order valence-corrected chi connectivity index (χ1v) is 11.8. The highest BCUT2D eigenvalue weighted by Crippen LogP contribution is 2.43. The Kier molecular flexibility index (Phi) is 6.08. The van der Waals surface area contributed by atoms with Gasteiger partial charge in [0.25, 0.3) is 5.91 Å². The van der Waals surface area contributed by atoms with Crippen molar-refractivity contribution in [1.82, 2.24) is 9.97 Å². The van der Waals surface area contributed by atoms with Crippen molar-refractivity contribution in [2.45, 2.75) is 18.3 Å². The van der Waals surface area contributed by atoms with Gasteiger partial charge in [-0.05, 0) is 60.9 Å². The molecule has 0 radical (unpaired) electrons.